The minimum Gasteiger partial charge on any atom is -0.485 e. The smallest absolute Gasteiger partial charge is 0.341 e. The number of esters is 1. The van der Waals surface area contributed by atoms with Crippen LogP contribution in [0.3, 0.4) is 0 Å². The summed E-state index contributed by atoms with van der Waals surface area (Å²) in [5.41, 5.74) is 2.54. The molecule has 0 bridgehead atoms. The number of anilines is 1. The van der Waals surface area contributed by atoms with E-state index in [9.17, 15) is 9.59 Å². The first-order chi connectivity index (χ1) is 16.9. The molecule has 2 heterocycles. The van der Waals surface area contributed by atoms with Crippen LogP contribution in [0.4, 0.5) is 5.00 Å². The lowest BCUT2D eigenvalue weighted by Crippen LogP contribution is -2.16. The Labute approximate surface area is 213 Å². The average Bonchev–Trinajstić information content (AvgIpc) is 3.42. The van der Waals surface area contributed by atoms with Gasteiger partial charge in [0.05, 0.1) is 17.9 Å². The summed E-state index contributed by atoms with van der Waals surface area (Å²) in [4.78, 5) is 26.0. The Kier molecular flexibility index (Phi) is 9.50. The van der Waals surface area contributed by atoms with Crippen LogP contribution >= 0.6 is 23.1 Å². The molecular formula is C25H30N4O4S2. The van der Waals surface area contributed by atoms with Crippen molar-refractivity contribution in [3.63, 3.8) is 0 Å². The minimum absolute atomic E-state index is 0.106. The molecule has 0 unspecified atom stereocenters. The van der Waals surface area contributed by atoms with Crippen LogP contribution in [-0.2, 0) is 29.1 Å². The van der Waals surface area contributed by atoms with Crippen LogP contribution in [0.15, 0.2) is 42.1 Å². The molecule has 0 atom stereocenters. The first-order valence-electron chi connectivity index (χ1n) is 11.3. The van der Waals surface area contributed by atoms with Gasteiger partial charge in [0.1, 0.15) is 17.4 Å². The quantitative estimate of drug-likeness (QED) is 0.202. The Hall–Kier alpha value is -3.11. The molecule has 10 heteroatoms. The summed E-state index contributed by atoms with van der Waals surface area (Å²) in [5, 5.41) is 12.5. The standard InChI is InChI=1S/C25H30N4O4S2/c1-6-11-29-21(14-33-20-12-16(4)9-10-17(20)5)27-28-25(29)34-15-22(30)26-23-19(24(31)32-8-3)13-18(7-2)35-23/h6,9-10,12-13H,1,7-8,11,14-15H2,2-5H3,(H,26,30). The van der Waals surface area contributed by atoms with Crippen molar-refractivity contribution in [2.75, 3.05) is 17.7 Å². The van der Waals surface area contributed by atoms with Crippen molar-refractivity contribution in [1.29, 1.82) is 0 Å². The first-order valence-corrected chi connectivity index (χ1v) is 13.1. The fourth-order valence-corrected chi connectivity index (χ4v) is 4.98. The molecule has 1 N–H and O–H groups in total. The third-order valence-corrected chi connectivity index (χ3v) is 7.18. The van der Waals surface area contributed by atoms with Gasteiger partial charge in [-0.2, -0.15) is 0 Å². The molecule has 1 amide bonds. The van der Waals surface area contributed by atoms with Crippen LogP contribution in [-0.4, -0.2) is 39.0 Å². The van der Waals surface area contributed by atoms with Crippen LogP contribution in [0.25, 0.3) is 0 Å². The maximum absolute atomic E-state index is 12.7. The molecule has 1 aromatic carbocycles. The summed E-state index contributed by atoms with van der Waals surface area (Å²) in [6.07, 6.45) is 2.51. The molecular weight excluding hydrogens is 484 g/mol. The van der Waals surface area contributed by atoms with Crippen LogP contribution in [0.5, 0.6) is 5.75 Å². The number of nitrogens with zero attached hydrogens (tertiary/aromatic N) is 3. The van der Waals surface area contributed by atoms with Gasteiger partial charge in [0.2, 0.25) is 5.91 Å². The highest BCUT2D eigenvalue weighted by Gasteiger charge is 2.20. The van der Waals surface area contributed by atoms with E-state index in [1.54, 1.807) is 19.1 Å². The number of allylic oxidation sites excluding steroid dienone is 1. The molecule has 0 fully saturated rings. The molecule has 2 aromatic heterocycles. The van der Waals surface area contributed by atoms with Crippen molar-refractivity contribution >= 4 is 40.0 Å². The van der Waals surface area contributed by atoms with Crippen molar-refractivity contribution in [1.82, 2.24) is 14.8 Å². The number of thiophene rings is 1. The second kappa shape index (κ2) is 12.6. The van der Waals surface area contributed by atoms with Gasteiger partial charge in [-0.3, -0.25) is 9.36 Å². The zero-order chi connectivity index (χ0) is 25.4. The highest BCUT2D eigenvalue weighted by molar-refractivity contribution is 7.99. The number of rotatable bonds is 12. The van der Waals surface area contributed by atoms with Gasteiger partial charge < -0.3 is 14.8 Å². The molecule has 3 aromatic rings. The van der Waals surface area contributed by atoms with Crippen LogP contribution < -0.4 is 10.1 Å². The Morgan fingerprint density at radius 3 is 2.74 bits per heavy atom. The van der Waals surface area contributed by atoms with Gasteiger partial charge in [-0.1, -0.05) is 36.9 Å². The van der Waals surface area contributed by atoms with Gasteiger partial charge in [-0.15, -0.1) is 28.1 Å². The molecule has 0 aliphatic rings. The van der Waals surface area contributed by atoms with Crippen molar-refractivity contribution in [3.05, 3.63) is 64.3 Å². The second-order valence-corrected chi connectivity index (χ2v) is 9.80. The van der Waals surface area contributed by atoms with Crippen molar-refractivity contribution < 1.29 is 19.1 Å². The lowest BCUT2D eigenvalue weighted by molar-refractivity contribution is -0.113. The van der Waals surface area contributed by atoms with Crippen molar-refractivity contribution in [3.8, 4) is 5.75 Å². The van der Waals surface area contributed by atoms with Crippen LogP contribution in [0, 0.1) is 13.8 Å². The van der Waals surface area contributed by atoms with Gasteiger partial charge in [-0.25, -0.2) is 4.79 Å². The molecule has 0 saturated carbocycles. The van der Waals surface area contributed by atoms with E-state index in [4.69, 9.17) is 9.47 Å². The van der Waals surface area contributed by atoms with E-state index in [0.717, 1.165) is 28.2 Å². The number of aryl methyl sites for hydroxylation is 3. The molecule has 8 nitrogen and oxygen atoms in total. The highest BCUT2D eigenvalue weighted by atomic mass is 32.2. The first kappa shape index (κ1) is 26.5. The van der Waals surface area contributed by atoms with E-state index in [1.165, 1.54) is 23.1 Å². The molecule has 0 radical (unpaired) electrons. The second-order valence-electron chi connectivity index (χ2n) is 7.72. The SMILES string of the molecule is C=CCn1c(COc2cc(C)ccc2C)nnc1SCC(=O)Nc1sc(CC)cc1C(=O)OCC. The van der Waals surface area contributed by atoms with E-state index < -0.39 is 5.97 Å². The molecule has 0 spiro atoms. The van der Waals surface area contributed by atoms with Crippen LogP contribution in [0.1, 0.15) is 46.0 Å². The number of thioether (sulfide) groups is 1. The Bertz CT molecular complexity index is 1200. The molecule has 0 aliphatic carbocycles. The van der Waals surface area contributed by atoms with E-state index in [1.807, 2.05) is 43.5 Å². The number of hydrogen-bond donors (Lipinski definition) is 1. The normalized spacial score (nSPS) is 10.7. The summed E-state index contributed by atoms with van der Waals surface area (Å²) in [7, 11) is 0. The number of amides is 1. The van der Waals surface area contributed by atoms with Gasteiger partial charge in [0.25, 0.3) is 0 Å². The highest BCUT2D eigenvalue weighted by Crippen LogP contribution is 2.30. The van der Waals surface area contributed by atoms with E-state index in [-0.39, 0.29) is 24.9 Å². The predicted molar refractivity (Wildman–Crippen MR) is 139 cm³/mol. The number of aromatic nitrogens is 3. The third kappa shape index (κ3) is 6.95. The zero-order valence-electron chi connectivity index (χ0n) is 20.4. The Morgan fingerprint density at radius 2 is 2.03 bits per heavy atom. The number of carbonyl (C=O) groups excluding carboxylic acids is 2. The molecule has 0 aliphatic heterocycles. The summed E-state index contributed by atoms with van der Waals surface area (Å²) < 4.78 is 13.0. The fourth-order valence-electron chi connectivity index (χ4n) is 3.21. The minimum atomic E-state index is -0.439. The lowest BCUT2D eigenvalue weighted by Gasteiger charge is -2.11. The monoisotopic (exact) mass is 514 g/mol. The number of carbonyl (C=O) groups is 2. The summed E-state index contributed by atoms with van der Waals surface area (Å²) in [6.45, 7) is 12.6. The molecule has 35 heavy (non-hydrogen) atoms. The van der Waals surface area contributed by atoms with E-state index in [0.29, 0.717) is 28.1 Å². The molecule has 0 saturated heterocycles. The maximum Gasteiger partial charge on any atom is 0.341 e. The maximum atomic E-state index is 12.7. The lowest BCUT2D eigenvalue weighted by atomic mass is 10.1. The van der Waals surface area contributed by atoms with Crippen LogP contribution in [0.2, 0.25) is 0 Å². The summed E-state index contributed by atoms with van der Waals surface area (Å²) >= 11 is 2.64. The molecule has 3 rings (SSSR count). The largest absolute Gasteiger partial charge is 0.485 e. The van der Waals surface area contributed by atoms with Gasteiger partial charge in [0, 0.05) is 11.4 Å². The molecule has 186 valence electrons. The van der Waals surface area contributed by atoms with Crippen molar-refractivity contribution in [2.45, 2.75) is 52.4 Å². The van der Waals surface area contributed by atoms with Crippen molar-refractivity contribution in [2.24, 2.45) is 0 Å². The number of nitrogens with one attached hydrogen (secondary N) is 1. The number of hydrogen-bond acceptors (Lipinski definition) is 8. The van der Waals surface area contributed by atoms with Gasteiger partial charge in [-0.05, 0) is 50.5 Å². The van der Waals surface area contributed by atoms with E-state index in [2.05, 4.69) is 22.1 Å². The van der Waals surface area contributed by atoms with E-state index >= 15 is 0 Å². The Morgan fingerprint density at radius 1 is 1.23 bits per heavy atom. The zero-order valence-corrected chi connectivity index (χ0v) is 22.1. The third-order valence-electron chi connectivity index (χ3n) is 5.02. The average molecular weight is 515 g/mol. The number of ether oxygens (including phenoxy) is 2. The number of benzene rings is 1. The summed E-state index contributed by atoms with van der Waals surface area (Å²) in [5.74, 6) is 0.863. The fraction of sp³-hybridized carbons (Fsp3) is 0.360. The topological polar surface area (TPSA) is 95.3 Å². The Balaban J connectivity index is 1.66. The predicted octanol–water partition coefficient (Wildman–Crippen LogP) is 5.19. The van der Waals surface area contributed by atoms with Gasteiger partial charge in [0.15, 0.2) is 11.0 Å². The van der Waals surface area contributed by atoms with Gasteiger partial charge >= 0.3 is 5.97 Å². The summed E-state index contributed by atoms with van der Waals surface area (Å²) in [6, 6.07) is 7.82.